The molecule has 0 saturated carbocycles. The minimum Gasteiger partial charge on any atom is -1.00 e. The van der Waals surface area contributed by atoms with Gasteiger partial charge in [-0.25, -0.2) is 0 Å². The molecule has 1 aliphatic carbocycles. The summed E-state index contributed by atoms with van der Waals surface area (Å²) in [5.74, 6) is 0. The maximum absolute atomic E-state index is 6.29. The second-order valence-corrected chi connectivity index (χ2v) is 9.99. The molecule has 0 N–H and O–H groups in total. The van der Waals surface area contributed by atoms with E-state index in [1.54, 1.807) is 0 Å². The van der Waals surface area contributed by atoms with Crippen molar-refractivity contribution in [2.45, 2.75) is 0 Å². The Morgan fingerprint density at radius 1 is 0.583 bits per heavy atom. The molecule has 0 unspecified atom stereocenters. The summed E-state index contributed by atoms with van der Waals surface area (Å²) in [5, 5.41) is 0. The Kier molecular flexibility index (Phi) is 10.6. The van der Waals surface area contributed by atoms with Gasteiger partial charge in [0.25, 0.3) is 11.4 Å². The fourth-order valence-electron chi connectivity index (χ4n) is 4.48. The first kappa shape index (κ1) is 29.3. The molecule has 12 heteroatoms. The predicted octanol–water partition coefficient (Wildman–Crippen LogP) is -1.84. The van der Waals surface area contributed by atoms with Gasteiger partial charge in [0.2, 0.25) is 0 Å². The third-order valence-electron chi connectivity index (χ3n) is 6.22. The molecule has 0 spiro atoms. The molecule has 2 fully saturated rings. The van der Waals surface area contributed by atoms with Crippen molar-refractivity contribution in [3.63, 3.8) is 0 Å². The molecule has 0 atom stereocenters. The predicted molar refractivity (Wildman–Crippen MR) is 136 cm³/mol. The fourth-order valence-corrected chi connectivity index (χ4v) is 5.22. The zero-order chi connectivity index (χ0) is 23.7. The van der Waals surface area contributed by atoms with Crippen LogP contribution in [0.5, 0.6) is 0 Å². The van der Waals surface area contributed by atoms with Gasteiger partial charge in [-0.05, 0) is 0 Å². The summed E-state index contributed by atoms with van der Waals surface area (Å²) < 4.78 is 15.1. The molecular weight excluding hydrogens is 589 g/mol. The van der Waals surface area contributed by atoms with Gasteiger partial charge in [-0.2, -0.15) is 9.13 Å². The van der Waals surface area contributed by atoms with Gasteiger partial charge in [0.1, 0.15) is 20.1 Å². The Hall–Kier alpha value is -1.22. The molecule has 36 heavy (non-hydrogen) atoms. The highest BCUT2D eigenvalue weighted by atomic mass is 35.5. The average Bonchev–Trinajstić information content (AvgIpc) is 2.85. The first-order valence-electron chi connectivity index (χ1n) is 11.1. The number of ether oxygens (including phenoxy) is 2. The van der Waals surface area contributed by atoms with E-state index in [0.29, 0.717) is 11.1 Å². The van der Waals surface area contributed by atoms with Crippen LogP contribution in [0.25, 0.3) is 11.4 Å². The van der Waals surface area contributed by atoms with Crippen molar-refractivity contribution < 1.29 is 43.4 Å². The van der Waals surface area contributed by atoms with Gasteiger partial charge in [0, 0.05) is 61.8 Å². The van der Waals surface area contributed by atoms with Crippen LogP contribution < -0.4 is 43.7 Å². The smallest absolute Gasteiger partial charge is 0.294 e. The van der Waals surface area contributed by atoms with E-state index < -0.39 is 0 Å². The van der Waals surface area contributed by atoms with Crippen molar-refractivity contribution >= 4 is 69.2 Å². The van der Waals surface area contributed by atoms with Crippen LogP contribution in [-0.4, -0.2) is 52.6 Å². The Morgan fingerprint density at radius 2 is 0.889 bits per heavy atom. The van der Waals surface area contributed by atoms with Gasteiger partial charge in [-0.1, -0.05) is 46.4 Å². The minimum absolute atomic E-state index is 0. The second kappa shape index (κ2) is 13.0. The molecule has 6 nitrogen and oxygen atoms in total. The lowest BCUT2D eigenvalue weighted by Crippen LogP contribution is -3.00. The van der Waals surface area contributed by atoms with Crippen molar-refractivity contribution in [2.75, 3.05) is 62.4 Å². The highest BCUT2D eigenvalue weighted by molar-refractivity contribution is 6.60. The molecule has 2 aliphatic heterocycles. The monoisotopic (exact) mass is 610 g/mol. The lowest BCUT2D eigenvalue weighted by atomic mass is 9.88. The highest BCUT2D eigenvalue weighted by Crippen LogP contribution is 2.47. The largest absolute Gasteiger partial charge is 1.00 e. The molecule has 0 radical (unpaired) electrons. The van der Waals surface area contributed by atoms with E-state index in [2.05, 4.69) is 34.1 Å². The van der Waals surface area contributed by atoms with Crippen LogP contribution in [0.2, 0.25) is 0 Å². The van der Waals surface area contributed by atoms with Crippen LogP contribution >= 0.6 is 46.4 Å². The van der Waals surface area contributed by atoms with E-state index in [-0.39, 0.29) is 33.8 Å². The zero-order valence-corrected chi connectivity index (χ0v) is 23.7. The van der Waals surface area contributed by atoms with Gasteiger partial charge in [0.05, 0.1) is 26.4 Å². The molecule has 4 heterocycles. The summed E-state index contributed by atoms with van der Waals surface area (Å²) >= 11 is 25.2. The standard InChI is InChI=1S/C24H24Cl4N4O2.2ClH/c25-23(26)19-20(24(27)28)22(32-7-3-18(4-8-32)30-11-15-34-16-12-30)21(19)31-5-1-17(2-6-31)29-9-13-33-14-10-29;;/h1-8H,9-16H2;2*1H/q+2;;/p-2. The van der Waals surface area contributed by atoms with Crippen molar-refractivity contribution in [1.82, 2.24) is 0 Å². The van der Waals surface area contributed by atoms with Gasteiger partial charge >= 0.3 is 0 Å². The van der Waals surface area contributed by atoms with Crippen LogP contribution in [0, 0.1) is 0 Å². The molecule has 5 rings (SSSR count). The molecule has 0 bridgehead atoms. The van der Waals surface area contributed by atoms with Gasteiger partial charge < -0.3 is 44.1 Å². The molecule has 2 saturated heterocycles. The SMILES string of the molecule is ClC(Cl)=C1C(=C(Cl)Cl)C([n+]2ccc(N3CCOCC3)cc2)=C1[n+]1ccc(N2CCOCC2)cc1.[Cl-].[Cl-]. The number of pyridine rings is 2. The molecule has 3 aliphatic rings. The lowest BCUT2D eigenvalue weighted by molar-refractivity contribution is -0.611. The van der Waals surface area contributed by atoms with Crippen LogP contribution in [0.3, 0.4) is 0 Å². The van der Waals surface area contributed by atoms with E-state index in [4.69, 9.17) is 55.9 Å². The number of hydrogen-bond donors (Lipinski definition) is 0. The normalized spacial score (nSPS) is 17.8. The van der Waals surface area contributed by atoms with E-state index >= 15 is 0 Å². The Bertz CT molecular complexity index is 1060. The van der Waals surface area contributed by atoms with Gasteiger partial charge in [0.15, 0.2) is 24.8 Å². The molecule has 0 aromatic carbocycles. The van der Waals surface area contributed by atoms with Crippen LogP contribution in [0.15, 0.2) is 69.2 Å². The summed E-state index contributed by atoms with van der Waals surface area (Å²) in [6.45, 7) is 6.43. The number of nitrogens with zero attached hydrogens (tertiary/aromatic N) is 4. The number of anilines is 2. The zero-order valence-electron chi connectivity index (χ0n) is 19.1. The van der Waals surface area contributed by atoms with Crippen molar-refractivity contribution in [1.29, 1.82) is 0 Å². The fraction of sp³-hybridized carbons (Fsp3) is 0.333. The van der Waals surface area contributed by atoms with E-state index in [1.807, 2.05) is 33.9 Å². The highest BCUT2D eigenvalue weighted by Gasteiger charge is 2.48. The number of rotatable bonds is 4. The molecule has 0 amide bonds. The van der Waals surface area contributed by atoms with Crippen molar-refractivity contribution in [2.24, 2.45) is 0 Å². The van der Waals surface area contributed by atoms with Crippen molar-refractivity contribution in [3.8, 4) is 0 Å². The quantitative estimate of drug-likeness (QED) is 0.380. The number of halogens is 6. The number of allylic oxidation sites excluding steroid dienone is 4. The number of hydrogen-bond acceptors (Lipinski definition) is 4. The summed E-state index contributed by atoms with van der Waals surface area (Å²) in [4.78, 5) is 4.60. The summed E-state index contributed by atoms with van der Waals surface area (Å²) in [6, 6.07) is 8.30. The summed E-state index contributed by atoms with van der Waals surface area (Å²) in [6.07, 6.45) is 7.99. The number of aromatic nitrogens is 2. The topological polar surface area (TPSA) is 32.7 Å². The van der Waals surface area contributed by atoms with Gasteiger partial charge in [-0.3, -0.25) is 0 Å². The van der Waals surface area contributed by atoms with E-state index in [1.165, 1.54) is 0 Å². The van der Waals surface area contributed by atoms with Crippen LogP contribution in [0.1, 0.15) is 0 Å². The van der Waals surface area contributed by atoms with Gasteiger partial charge in [-0.15, -0.1) is 0 Å². The maximum Gasteiger partial charge on any atom is 0.294 e. The summed E-state index contributed by atoms with van der Waals surface area (Å²) in [7, 11) is 0. The molecular formula is C24H24Cl6N4O2. The lowest BCUT2D eigenvalue weighted by Gasteiger charge is -2.28. The van der Waals surface area contributed by atoms with Crippen molar-refractivity contribution in [3.05, 3.63) is 69.2 Å². The minimum atomic E-state index is 0. The summed E-state index contributed by atoms with van der Waals surface area (Å²) in [5.41, 5.74) is 5.16. The first-order valence-corrected chi connectivity index (χ1v) is 12.6. The van der Waals surface area contributed by atoms with Crippen LogP contribution in [0.4, 0.5) is 11.4 Å². The average molecular weight is 613 g/mol. The van der Waals surface area contributed by atoms with Crippen LogP contribution in [-0.2, 0) is 9.47 Å². The Balaban J connectivity index is 0.00000180. The van der Waals surface area contributed by atoms with E-state index in [0.717, 1.165) is 75.4 Å². The third-order valence-corrected chi connectivity index (χ3v) is 6.97. The molecule has 2 aromatic rings. The maximum atomic E-state index is 6.29. The van der Waals surface area contributed by atoms with E-state index in [9.17, 15) is 0 Å². The number of morpholine rings is 2. The first-order chi connectivity index (χ1) is 16.5. The third kappa shape index (κ3) is 5.92. The second-order valence-electron chi connectivity index (χ2n) is 8.09. The molecule has 194 valence electrons. The molecule has 2 aromatic heterocycles. The Morgan fingerprint density at radius 3 is 1.17 bits per heavy atom. The Labute approximate surface area is 243 Å².